The average Bonchev–Trinajstić information content (AvgIpc) is 3.39. The lowest BCUT2D eigenvalue weighted by molar-refractivity contribution is -0.116. The summed E-state index contributed by atoms with van der Waals surface area (Å²) in [6.07, 6.45) is 5.34. The number of thiophene rings is 1. The minimum atomic E-state index is -0.193. The van der Waals surface area contributed by atoms with Crippen molar-refractivity contribution in [2.24, 2.45) is 0 Å². The number of benzene rings is 1. The molecule has 5 nitrogen and oxygen atoms in total. The Morgan fingerprint density at radius 1 is 1.31 bits per heavy atom. The standard InChI is InChI=1S/C25H26ClN3O2S/c1-25(2,3)21-7-6-20(32-21)16-10-17-11-18(31-24(17)19(26)12-16)14-29-23(30)9-5-15-4-8-22(27)28-13-15/h4-10,12-13,18H,11,14H2,1-3H3,(H2,27,28)(H,29,30)/b9-5+. The lowest BCUT2D eigenvalue weighted by Gasteiger charge is -2.15. The monoisotopic (exact) mass is 467 g/mol. The van der Waals surface area contributed by atoms with Crippen LogP contribution in [0.2, 0.25) is 5.02 Å². The number of rotatable bonds is 5. The first-order chi connectivity index (χ1) is 15.2. The molecule has 3 heterocycles. The van der Waals surface area contributed by atoms with Crippen molar-refractivity contribution < 1.29 is 9.53 Å². The topological polar surface area (TPSA) is 77.2 Å². The van der Waals surface area contributed by atoms with Gasteiger partial charge >= 0.3 is 0 Å². The first kappa shape index (κ1) is 22.4. The van der Waals surface area contributed by atoms with Crippen LogP contribution in [0.3, 0.4) is 0 Å². The van der Waals surface area contributed by atoms with E-state index in [1.165, 1.54) is 15.8 Å². The predicted octanol–water partition coefficient (Wildman–Crippen LogP) is 5.48. The fraction of sp³-hybridized carbons (Fsp3) is 0.280. The molecular formula is C25H26ClN3O2S. The maximum atomic E-state index is 12.2. The summed E-state index contributed by atoms with van der Waals surface area (Å²) in [4.78, 5) is 18.7. The molecule has 0 spiro atoms. The molecule has 7 heteroatoms. The SMILES string of the molecule is CC(C)(C)c1ccc(-c2cc(Cl)c3c(c2)CC(CNC(=O)/C=C/c2ccc(N)nc2)O3)s1. The predicted molar refractivity (Wildman–Crippen MR) is 132 cm³/mol. The van der Waals surface area contributed by atoms with E-state index in [4.69, 9.17) is 22.1 Å². The molecule has 0 fully saturated rings. The fourth-order valence-electron chi connectivity index (χ4n) is 3.50. The number of nitrogens with zero attached hydrogens (tertiary/aromatic N) is 1. The third-order valence-corrected chi connectivity index (χ3v) is 7.06. The van der Waals surface area contributed by atoms with Crippen LogP contribution in [-0.2, 0) is 16.6 Å². The van der Waals surface area contributed by atoms with Crippen LogP contribution in [0.25, 0.3) is 16.5 Å². The highest BCUT2D eigenvalue weighted by Crippen LogP contribution is 2.42. The molecule has 0 radical (unpaired) electrons. The minimum absolute atomic E-state index is 0.120. The third kappa shape index (κ3) is 5.14. The van der Waals surface area contributed by atoms with Crippen molar-refractivity contribution in [3.8, 4) is 16.2 Å². The molecule has 166 valence electrons. The second kappa shape index (κ2) is 8.96. The number of nitrogens with one attached hydrogen (secondary N) is 1. The molecule has 1 unspecified atom stereocenters. The van der Waals surface area contributed by atoms with Gasteiger partial charge in [0.05, 0.1) is 11.6 Å². The van der Waals surface area contributed by atoms with Crippen molar-refractivity contribution >= 4 is 40.7 Å². The zero-order chi connectivity index (χ0) is 22.9. The molecule has 1 aromatic carbocycles. The van der Waals surface area contributed by atoms with E-state index < -0.39 is 0 Å². The number of nitrogens with two attached hydrogens (primary N) is 1. The molecular weight excluding hydrogens is 442 g/mol. The quantitative estimate of drug-likeness (QED) is 0.487. The van der Waals surface area contributed by atoms with Crippen LogP contribution in [0.15, 0.2) is 48.7 Å². The molecule has 32 heavy (non-hydrogen) atoms. The van der Waals surface area contributed by atoms with E-state index in [0.29, 0.717) is 29.6 Å². The number of pyridine rings is 1. The van der Waals surface area contributed by atoms with E-state index in [9.17, 15) is 4.79 Å². The highest BCUT2D eigenvalue weighted by atomic mass is 35.5. The van der Waals surface area contributed by atoms with Gasteiger partial charge in [-0.3, -0.25) is 4.79 Å². The van der Waals surface area contributed by atoms with Crippen LogP contribution >= 0.6 is 22.9 Å². The molecule has 0 saturated heterocycles. The Labute approximate surface area is 197 Å². The van der Waals surface area contributed by atoms with Crippen molar-refractivity contribution in [2.75, 3.05) is 12.3 Å². The molecule has 0 aliphatic carbocycles. The number of aromatic nitrogens is 1. The molecule has 3 N–H and O–H groups in total. The normalized spacial score (nSPS) is 15.6. The number of ether oxygens (including phenoxy) is 1. The van der Waals surface area contributed by atoms with Gasteiger partial charge in [-0.2, -0.15) is 0 Å². The van der Waals surface area contributed by atoms with E-state index in [0.717, 1.165) is 16.7 Å². The minimum Gasteiger partial charge on any atom is -0.486 e. The number of halogens is 1. The Kier molecular flexibility index (Phi) is 6.26. The fourth-order valence-corrected chi connectivity index (χ4v) is 4.83. The second-order valence-electron chi connectivity index (χ2n) is 8.90. The molecule has 0 bridgehead atoms. The molecule has 1 amide bonds. The van der Waals surface area contributed by atoms with Crippen LogP contribution in [0.4, 0.5) is 5.82 Å². The molecule has 4 rings (SSSR count). The van der Waals surface area contributed by atoms with Crippen LogP contribution in [-0.4, -0.2) is 23.5 Å². The molecule has 2 aromatic heterocycles. The van der Waals surface area contributed by atoms with Crippen molar-refractivity contribution in [3.05, 3.63) is 69.7 Å². The van der Waals surface area contributed by atoms with Crippen LogP contribution < -0.4 is 15.8 Å². The van der Waals surface area contributed by atoms with Crippen molar-refractivity contribution in [2.45, 2.75) is 38.7 Å². The lowest BCUT2D eigenvalue weighted by atomic mass is 9.95. The summed E-state index contributed by atoms with van der Waals surface area (Å²) in [5.74, 6) is 0.965. The van der Waals surface area contributed by atoms with Gasteiger partial charge in [-0.25, -0.2) is 4.98 Å². The van der Waals surface area contributed by atoms with Gasteiger partial charge in [0.25, 0.3) is 0 Å². The lowest BCUT2D eigenvalue weighted by Crippen LogP contribution is -2.33. The Morgan fingerprint density at radius 2 is 2.12 bits per heavy atom. The van der Waals surface area contributed by atoms with Gasteiger partial charge < -0.3 is 15.8 Å². The summed E-state index contributed by atoms with van der Waals surface area (Å²) in [7, 11) is 0. The number of anilines is 1. The molecule has 1 atom stereocenters. The van der Waals surface area contributed by atoms with E-state index in [-0.39, 0.29) is 17.4 Å². The first-order valence-electron chi connectivity index (χ1n) is 10.5. The first-order valence-corrected chi connectivity index (χ1v) is 11.7. The Morgan fingerprint density at radius 3 is 2.81 bits per heavy atom. The molecule has 0 saturated carbocycles. The number of carbonyl (C=O) groups excluding carboxylic acids is 1. The molecule has 1 aliphatic heterocycles. The van der Waals surface area contributed by atoms with Gasteiger partial charge in [-0.15, -0.1) is 11.3 Å². The number of amides is 1. The van der Waals surface area contributed by atoms with E-state index in [1.807, 2.05) is 6.07 Å². The van der Waals surface area contributed by atoms with Gasteiger partial charge in [0.2, 0.25) is 5.91 Å². The van der Waals surface area contributed by atoms with Crippen molar-refractivity contribution in [1.82, 2.24) is 10.3 Å². The number of carbonyl (C=O) groups is 1. The van der Waals surface area contributed by atoms with Crippen LogP contribution in [0, 0.1) is 0 Å². The largest absolute Gasteiger partial charge is 0.486 e. The molecule has 1 aliphatic rings. The maximum Gasteiger partial charge on any atom is 0.244 e. The number of hydrogen-bond acceptors (Lipinski definition) is 5. The van der Waals surface area contributed by atoms with Gasteiger partial charge in [-0.05, 0) is 59.0 Å². The van der Waals surface area contributed by atoms with Crippen molar-refractivity contribution in [3.63, 3.8) is 0 Å². The summed E-state index contributed by atoms with van der Waals surface area (Å²) in [5.41, 5.74) is 8.67. The summed E-state index contributed by atoms with van der Waals surface area (Å²) in [5, 5.41) is 3.49. The zero-order valence-electron chi connectivity index (χ0n) is 18.3. The van der Waals surface area contributed by atoms with Gasteiger partial charge in [0, 0.05) is 34.0 Å². The van der Waals surface area contributed by atoms with Crippen LogP contribution in [0.5, 0.6) is 5.75 Å². The Balaban J connectivity index is 1.38. The van der Waals surface area contributed by atoms with Gasteiger partial charge in [0.15, 0.2) is 0 Å². The van der Waals surface area contributed by atoms with Gasteiger partial charge in [0.1, 0.15) is 17.7 Å². The Bertz CT molecular complexity index is 1160. The summed E-state index contributed by atoms with van der Waals surface area (Å²) >= 11 is 8.34. The van der Waals surface area contributed by atoms with E-state index in [1.54, 1.807) is 35.7 Å². The smallest absolute Gasteiger partial charge is 0.244 e. The summed E-state index contributed by atoms with van der Waals surface area (Å²) < 4.78 is 6.02. The Hall–Kier alpha value is -2.83. The van der Waals surface area contributed by atoms with E-state index in [2.05, 4.69) is 49.3 Å². The van der Waals surface area contributed by atoms with E-state index >= 15 is 0 Å². The number of nitrogen functional groups attached to an aromatic ring is 1. The second-order valence-corrected chi connectivity index (χ2v) is 10.4. The summed E-state index contributed by atoms with van der Waals surface area (Å²) in [6, 6.07) is 11.9. The molecule has 3 aromatic rings. The highest BCUT2D eigenvalue weighted by molar-refractivity contribution is 7.15. The van der Waals surface area contributed by atoms with Gasteiger partial charge in [-0.1, -0.05) is 32.4 Å². The average molecular weight is 468 g/mol. The highest BCUT2D eigenvalue weighted by Gasteiger charge is 2.27. The third-order valence-electron chi connectivity index (χ3n) is 5.22. The zero-order valence-corrected chi connectivity index (χ0v) is 19.9. The van der Waals surface area contributed by atoms with Crippen LogP contribution in [0.1, 0.15) is 36.8 Å². The van der Waals surface area contributed by atoms with Crippen molar-refractivity contribution in [1.29, 1.82) is 0 Å². The summed E-state index contributed by atoms with van der Waals surface area (Å²) in [6.45, 7) is 7.04. The number of fused-ring (bicyclic) bond motifs is 1. The maximum absolute atomic E-state index is 12.2. The number of hydrogen-bond donors (Lipinski definition) is 2.